The summed E-state index contributed by atoms with van der Waals surface area (Å²) in [4.78, 5) is 0. The second-order valence-corrected chi connectivity index (χ2v) is 10.9. The van der Waals surface area contributed by atoms with Crippen molar-refractivity contribution in [2.24, 2.45) is 40.4 Å². The van der Waals surface area contributed by atoms with Crippen LogP contribution in [0.5, 0.6) is 0 Å². The quantitative estimate of drug-likeness (QED) is 0.363. The minimum Gasteiger partial charge on any atom is -0.0914 e. The second kappa shape index (κ2) is 11.6. The van der Waals surface area contributed by atoms with Gasteiger partial charge in [-0.3, -0.25) is 0 Å². The van der Waals surface area contributed by atoms with E-state index in [-0.39, 0.29) is 0 Å². The van der Waals surface area contributed by atoms with Crippen molar-refractivity contribution < 1.29 is 0 Å². The summed E-state index contributed by atoms with van der Waals surface area (Å²) in [6.07, 6.45) is 20.5. The molecule has 0 fully saturated rings. The van der Waals surface area contributed by atoms with Gasteiger partial charge in [0.05, 0.1) is 0 Å². The Balaban J connectivity index is 3.09. The molecule has 0 radical (unpaired) electrons. The molecule has 0 aromatic carbocycles. The van der Waals surface area contributed by atoms with Crippen molar-refractivity contribution in [1.29, 1.82) is 0 Å². The Morgan fingerprint density at radius 2 is 1.75 bits per heavy atom. The summed E-state index contributed by atoms with van der Waals surface area (Å²) < 4.78 is 0. The van der Waals surface area contributed by atoms with Crippen LogP contribution in [0, 0.1) is 40.4 Å². The van der Waals surface area contributed by atoms with Gasteiger partial charge in [0.15, 0.2) is 0 Å². The van der Waals surface area contributed by atoms with Gasteiger partial charge in [-0.25, -0.2) is 0 Å². The monoisotopic (exact) mass is 388 g/mol. The molecule has 0 N–H and O–H groups in total. The Morgan fingerprint density at radius 3 is 2.29 bits per heavy atom. The Morgan fingerprint density at radius 1 is 1.07 bits per heavy atom. The van der Waals surface area contributed by atoms with Crippen molar-refractivity contribution in [3.63, 3.8) is 0 Å². The SMILES string of the molecule is CC=CC(C)CCCC1(CC)C=CCC(C(C)C)CC(C)(CC)C(C)C(C)C1. The molecule has 0 saturated carbocycles. The Labute approximate surface area is 178 Å². The predicted octanol–water partition coefficient (Wildman–Crippen LogP) is 9.47. The van der Waals surface area contributed by atoms with Crippen molar-refractivity contribution in [1.82, 2.24) is 0 Å². The van der Waals surface area contributed by atoms with E-state index in [0.29, 0.717) is 16.7 Å². The highest BCUT2D eigenvalue weighted by molar-refractivity contribution is 5.03. The smallest absolute Gasteiger partial charge is 0.0118 e. The zero-order chi connectivity index (χ0) is 21.4. The topological polar surface area (TPSA) is 0 Å². The van der Waals surface area contributed by atoms with Gasteiger partial charge < -0.3 is 0 Å². The van der Waals surface area contributed by atoms with E-state index in [4.69, 9.17) is 0 Å². The largest absolute Gasteiger partial charge is 0.0914 e. The highest BCUT2D eigenvalue weighted by Gasteiger charge is 2.39. The van der Waals surface area contributed by atoms with Gasteiger partial charge in [0.1, 0.15) is 0 Å². The van der Waals surface area contributed by atoms with Gasteiger partial charge in [0.25, 0.3) is 0 Å². The first kappa shape index (κ1) is 25.5. The van der Waals surface area contributed by atoms with Crippen molar-refractivity contribution in [2.75, 3.05) is 0 Å². The van der Waals surface area contributed by atoms with Crippen LogP contribution >= 0.6 is 0 Å². The molecular formula is C28H52. The molecule has 0 heteroatoms. The standard InChI is InChI=1S/C28H52/c1-10-15-23(6)16-13-18-28(12-3)19-14-17-26(22(4)5)21-27(9,11-2)25(8)24(7)20-28/h10,14-15,19,22-26H,11-13,16-18,20-21H2,1-9H3. The van der Waals surface area contributed by atoms with Gasteiger partial charge in [-0.05, 0) is 85.9 Å². The van der Waals surface area contributed by atoms with Crippen molar-refractivity contribution in [3.8, 4) is 0 Å². The molecule has 0 heterocycles. The summed E-state index contributed by atoms with van der Waals surface area (Å²) in [6, 6.07) is 0. The third kappa shape index (κ3) is 7.07. The first-order chi connectivity index (χ1) is 13.1. The van der Waals surface area contributed by atoms with Crippen LogP contribution in [0.2, 0.25) is 0 Å². The Bertz CT molecular complexity index is 484. The third-order valence-corrected chi connectivity index (χ3v) is 8.63. The lowest BCUT2D eigenvalue weighted by atomic mass is 9.60. The fourth-order valence-electron chi connectivity index (χ4n) is 5.73. The van der Waals surface area contributed by atoms with Gasteiger partial charge in [0, 0.05) is 0 Å². The fraction of sp³-hybridized carbons (Fsp3) is 0.857. The molecule has 28 heavy (non-hydrogen) atoms. The predicted molar refractivity (Wildman–Crippen MR) is 129 cm³/mol. The highest BCUT2D eigenvalue weighted by Crippen LogP contribution is 2.49. The van der Waals surface area contributed by atoms with E-state index in [9.17, 15) is 0 Å². The van der Waals surface area contributed by atoms with E-state index >= 15 is 0 Å². The average molecular weight is 389 g/mol. The number of rotatable bonds is 8. The van der Waals surface area contributed by atoms with Crippen LogP contribution in [0.15, 0.2) is 24.3 Å². The normalized spacial score (nSPS) is 36.1. The van der Waals surface area contributed by atoms with Gasteiger partial charge in [0.2, 0.25) is 0 Å². The van der Waals surface area contributed by atoms with Gasteiger partial charge in [-0.1, -0.05) is 92.5 Å². The molecule has 1 aliphatic carbocycles. The molecule has 0 saturated heterocycles. The zero-order valence-electron chi connectivity index (χ0n) is 20.9. The Kier molecular flexibility index (Phi) is 10.6. The van der Waals surface area contributed by atoms with Gasteiger partial charge in [-0.15, -0.1) is 0 Å². The molecule has 0 nitrogen and oxygen atoms in total. The number of allylic oxidation sites excluding steroid dienone is 4. The summed E-state index contributed by atoms with van der Waals surface area (Å²) >= 11 is 0. The van der Waals surface area contributed by atoms with Crippen LogP contribution in [-0.2, 0) is 0 Å². The van der Waals surface area contributed by atoms with Gasteiger partial charge in [-0.2, -0.15) is 0 Å². The third-order valence-electron chi connectivity index (χ3n) is 8.63. The van der Waals surface area contributed by atoms with E-state index < -0.39 is 0 Å². The second-order valence-electron chi connectivity index (χ2n) is 10.9. The number of hydrogen-bond donors (Lipinski definition) is 0. The molecule has 1 aliphatic rings. The van der Waals surface area contributed by atoms with Crippen molar-refractivity contribution in [2.45, 2.75) is 114 Å². The summed E-state index contributed by atoms with van der Waals surface area (Å²) in [5.74, 6) is 3.88. The molecule has 1 rings (SSSR count). The Hall–Kier alpha value is -0.520. The number of hydrogen-bond acceptors (Lipinski definition) is 0. The molecule has 6 unspecified atom stereocenters. The summed E-state index contributed by atoms with van der Waals surface area (Å²) in [5.41, 5.74) is 0.871. The summed E-state index contributed by atoms with van der Waals surface area (Å²) in [6.45, 7) is 21.9. The molecule has 164 valence electrons. The molecule has 0 aromatic heterocycles. The molecule has 0 aromatic rings. The molecule has 0 amide bonds. The fourth-order valence-corrected chi connectivity index (χ4v) is 5.73. The molecule has 6 atom stereocenters. The highest BCUT2D eigenvalue weighted by atomic mass is 14.4. The van der Waals surface area contributed by atoms with E-state index in [1.807, 2.05) is 0 Å². The average Bonchev–Trinajstić information content (AvgIpc) is 2.65. The molecule has 0 spiro atoms. The van der Waals surface area contributed by atoms with Crippen LogP contribution in [0.1, 0.15) is 114 Å². The van der Waals surface area contributed by atoms with E-state index in [2.05, 4.69) is 86.6 Å². The van der Waals surface area contributed by atoms with E-state index in [1.165, 1.54) is 51.4 Å². The molecule has 0 bridgehead atoms. The van der Waals surface area contributed by atoms with Crippen LogP contribution < -0.4 is 0 Å². The first-order valence-electron chi connectivity index (χ1n) is 12.4. The lowest BCUT2D eigenvalue weighted by Crippen LogP contribution is -2.36. The summed E-state index contributed by atoms with van der Waals surface area (Å²) in [7, 11) is 0. The minimum atomic E-state index is 0.400. The molecule has 0 aliphatic heterocycles. The van der Waals surface area contributed by atoms with Crippen molar-refractivity contribution >= 4 is 0 Å². The van der Waals surface area contributed by atoms with E-state index in [0.717, 1.165) is 23.7 Å². The first-order valence-corrected chi connectivity index (χ1v) is 12.4. The lowest BCUT2D eigenvalue weighted by molar-refractivity contribution is 0.0650. The van der Waals surface area contributed by atoms with Crippen molar-refractivity contribution in [3.05, 3.63) is 24.3 Å². The van der Waals surface area contributed by atoms with Crippen LogP contribution in [-0.4, -0.2) is 0 Å². The maximum Gasteiger partial charge on any atom is -0.0118 e. The van der Waals surface area contributed by atoms with Crippen LogP contribution in [0.25, 0.3) is 0 Å². The lowest BCUT2D eigenvalue weighted by Gasteiger charge is -2.45. The zero-order valence-corrected chi connectivity index (χ0v) is 20.9. The minimum absolute atomic E-state index is 0.400. The summed E-state index contributed by atoms with van der Waals surface area (Å²) in [5, 5.41) is 0. The van der Waals surface area contributed by atoms with Gasteiger partial charge >= 0.3 is 0 Å². The van der Waals surface area contributed by atoms with E-state index in [1.54, 1.807) is 0 Å². The van der Waals surface area contributed by atoms with Crippen LogP contribution in [0.3, 0.4) is 0 Å². The molecular weight excluding hydrogens is 336 g/mol. The van der Waals surface area contributed by atoms with Crippen LogP contribution in [0.4, 0.5) is 0 Å². The maximum absolute atomic E-state index is 2.67. The maximum atomic E-state index is 2.67.